The molecule has 0 saturated heterocycles. The number of nitrogens with one attached hydrogen (secondary N) is 1. The lowest BCUT2D eigenvalue weighted by Crippen LogP contribution is -2.20. The van der Waals surface area contributed by atoms with E-state index in [0.29, 0.717) is 10.8 Å². The van der Waals surface area contributed by atoms with Gasteiger partial charge in [-0.3, -0.25) is 4.79 Å². The fraction of sp³-hybridized carbons (Fsp3) is 0.235. The Morgan fingerprint density at radius 2 is 1.95 bits per heavy atom. The molecule has 4 nitrogen and oxygen atoms in total. The molecular weight excluding hydrogens is 300 g/mol. The van der Waals surface area contributed by atoms with E-state index in [0.717, 1.165) is 17.8 Å². The van der Waals surface area contributed by atoms with Crippen LogP contribution in [0.15, 0.2) is 48.5 Å². The summed E-state index contributed by atoms with van der Waals surface area (Å²) < 4.78 is 5.41. The van der Waals surface area contributed by atoms with Crippen molar-refractivity contribution in [2.75, 3.05) is 26.0 Å². The molecule has 0 unspecified atom stereocenters. The first kappa shape index (κ1) is 16.3. The summed E-state index contributed by atoms with van der Waals surface area (Å²) in [6, 6.07) is 14.8. The molecular formula is C17H19ClN2O2. The second kappa shape index (κ2) is 7.82. The lowest BCUT2D eigenvalue weighted by Gasteiger charge is -2.12. The molecule has 2 rings (SSSR count). The molecule has 2 aromatic carbocycles. The van der Waals surface area contributed by atoms with E-state index in [2.05, 4.69) is 10.2 Å². The van der Waals surface area contributed by atoms with Gasteiger partial charge in [-0.05, 0) is 43.9 Å². The summed E-state index contributed by atoms with van der Waals surface area (Å²) in [6.45, 7) is 0.738. The highest BCUT2D eigenvalue weighted by Crippen LogP contribution is 2.23. The van der Waals surface area contributed by atoms with Crippen LogP contribution in [0.4, 0.5) is 5.69 Å². The molecule has 2 aromatic rings. The number of halogens is 1. The second-order valence-electron chi connectivity index (χ2n) is 5.21. The second-order valence-corrected chi connectivity index (χ2v) is 5.61. The van der Waals surface area contributed by atoms with E-state index in [-0.39, 0.29) is 12.5 Å². The van der Waals surface area contributed by atoms with Gasteiger partial charge < -0.3 is 15.0 Å². The molecule has 0 aliphatic heterocycles. The third-order valence-electron chi connectivity index (χ3n) is 2.90. The molecule has 0 atom stereocenters. The number of anilines is 1. The summed E-state index contributed by atoms with van der Waals surface area (Å²) in [5.74, 6) is 0.280. The SMILES string of the molecule is CN(C)Cc1cccc(NC(=O)COc2ccccc2Cl)c1. The van der Waals surface area contributed by atoms with Crippen molar-refractivity contribution in [3.8, 4) is 5.75 Å². The van der Waals surface area contributed by atoms with Crippen LogP contribution in [0.3, 0.4) is 0 Å². The van der Waals surface area contributed by atoms with Gasteiger partial charge in [-0.25, -0.2) is 0 Å². The summed E-state index contributed by atoms with van der Waals surface area (Å²) in [6.07, 6.45) is 0. The number of ether oxygens (including phenoxy) is 1. The summed E-state index contributed by atoms with van der Waals surface area (Å²) in [5, 5.41) is 3.31. The van der Waals surface area contributed by atoms with Crippen molar-refractivity contribution in [3.05, 3.63) is 59.1 Å². The van der Waals surface area contributed by atoms with Crippen LogP contribution in [0.5, 0.6) is 5.75 Å². The van der Waals surface area contributed by atoms with Crippen LogP contribution in [0.25, 0.3) is 0 Å². The number of rotatable bonds is 6. The Morgan fingerprint density at radius 1 is 1.18 bits per heavy atom. The number of para-hydroxylation sites is 1. The number of nitrogens with zero attached hydrogens (tertiary/aromatic N) is 1. The Balaban J connectivity index is 1.91. The monoisotopic (exact) mass is 318 g/mol. The molecule has 0 bridgehead atoms. The highest BCUT2D eigenvalue weighted by molar-refractivity contribution is 6.32. The van der Waals surface area contributed by atoms with E-state index in [9.17, 15) is 4.79 Å². The van der Waals surface area contributed by atoms with Gasteiger partial charge in [0.15, 0.2) is 6.61 Å². The van der Waals surface area contributed by atoms with Crippen LogP contribution in [0.2, 0.25) is 5.02 Å². The van der Waals surface area contributed by atoms with Crippen LogP contribution in [0, 0.1) is 0 Å². The Labute approximate surface area is 135 Å². The topological polar surface area (TPSA) is 41.6 Å². The van der Waals surface area contributed by atoms with Gasteiger partial charge in [0.05, 0.1) is 5.02 Å². The highest BCUT2D eigenvalue weighted by Gasteiger charge is 2.06. The quantitative estimate of drug-likeness (QED) is 0.887. The number of benzene rings is 2. The Bertz CT molecular complexity index is 644. The van der Waals surface area contributed by atoms with Crippen LogP contribution in [0.1, 0.15) is 5.56 Å². The number of carbonyl (C=O) groups is 1. The summed E-state index contributed by atoms with van der Waals surface area (Å²) in [5.41, 5.74) is 1.89. The lowest BCUT2D eigenvalue weighted by atomic mass is 10.2. The van der Waals surface area contributed by atoms with Crippen molar-refractivity contribution in [1.82, 2.24) is 4.90 Å². The number of amides is 1. The maximum absolute atomic E-state index is 11.9. The average Bonchev–Trinajstić information content (AvgIpc) is 2.46. The number of hydrogen-bond acceptors (Lipinski definition) is 3. The normalized spacial score (nSPS) is 10.5. The molecule has 1 N–H and O–H groups in total. The molecule has 0 spiro atoms. The van der Waals surface area contributed by atoms with E-state index >= 15 is 0 Å². The third-order valence-corrected chi connectivity index (χ3v) is 3.22. The van der Waals surface area contributed by atoms with Crippen LogP contribution < -0.4 is 10.1 Å². The van der Waals surface area contributed by atoms with E-state index < -0.39 is 0 Å². The van der Waals surface area contributed by atoms with Gasteiger partial charge >= 0.3 is 0 Å². The van der Waals surface area contributed by atoms with E-state index in [1.807, 2.05) is 50.5 Å². The maximum atomic E-state index is 11.9. The molecule has 5 heteroatoms. The van der Waals surface area contributed by atoms with Crippen molar-refractivity contribution in [2.24, 2.45) is 0 Å². The number of hydrogen-bond donors (Lipinski definition) is 1. The largest absolute Gasteiger partial charge is 0.482 e. The maximum Gasteiger partial charge on any atom is 0.262 e. The highest BCUT2D eigenvalue weighted by atomic mass is 35.5. The molecule has 0 aliphatic rings. The van der Waals surface area contributed by atoms with Crippen molar-refractivity contribution in [2.45, 2.75) is 6.54 Å². The molecule has 116 valence electrons. The first-order valence-electron chi connectivity index (χ1n) is 6.95. The summed E-state index contributed by atoms with van der Waals surface area (Å²) in [4.78, 5) is 14.0. The zero-order chi connectivity index (χ0) is 15.9. The zero-order valence-electron chi connectivity index (χ0n) is 12.7. The molecule has 0 fully saturated rings. The van der Waals surface area contributed by atoms with Crippen LogP contribution >= 0.6 is 11.6 Å². The summed E-state index contributed by atoms with van der Waals surface area (Å²) >= 11 is 5.98. The minimum absolute atomic E-state index is 0.0817. The average molecular weight is 319 g/mol. The van der Waals surface area contributed by atoms with Crippen molar-refractivity contribution >= 4 is 23.2 Å². The van der Waals surface area contributed by atoms with E-state index in [4.69, 9.17) is 16.3 Å². The van der Waals surface area contributed by atoms with Gasteiger partial charge in [0.25, 0.3) is 5.91 Å². The minimum Gasteiger partial charge on any atom is -0.482 e. The van der Waals surface area contributed by atoms with Gasteiger partial charge in [-0.2, -0.15) is 0 Å². The molecule has 1 amide bonds. The standard InChI is InChI=1S/C17H19ClN2O2/c1-20(2)11-13-6-5-7-14(10-13)19-17(21)12-22-16-9-4-3-8-15(16)18/h3-10H,11-12H2,1-2H3,(H,19,21). The van der Waals surface area contributed by atoms with Crippen molar-refractivity contribution < 1.29 is 9.53 Å². The minimum atomic E-state index is -0.220. The zero-order valence-corrected chi connectivity index (χ0v) is 13.4. The van der Waals surface area contributed by atoms with Gasteiger partial charge in [0, 0.05) is 12.2 Å². The fourth-order valence-electron chi connectivity index (χ4n) is 2.01. The molecule has 0 heterocycles. The van der Waals surface area contributed by atoms with Gasteiger partial charge in [0.2, 0.25) is 0 Å². The van der Waals surface area contributed by atoms with Crippen LogP contribution in [-0.2, 0) is 11.3 Å². The third kappa shape index (κ3) is 5.06. The number of carbonyl (C=O) groups excluding carboxylic acids is 1. The molecule has 0 aromatic heterocycles. The van der Waals surface area contributed by atoms with Gasteiger partial charge in [-0.1, -0.05) is 35.9 Å². The fourth-order valence-corrected chi connectivity index (χ4v) is 2.21. The van der Waals surface area contributed by atoms with Crippen LogP contribution in [-0.4, -0.2) is 31.5 Å². The van der Waals surface area contributed by atoms with Crippen molar-refractivity contribution in [3.63, 3.8) is 0 Å². The molecule has 0 saturated carbocycles. The van der Waals surface area contributed by atoms with E-state index in [1.54, 1.807) is 12.1 Å². The Hall–Kier alpha value is -2.04. The first-order valence-corrected chi connectivity index (χ1v) is 7.33. The predicted octanol–water partition coefficient (Wildman–Crippen LogP) is 3.42. The van der Waals surface area contributed by atoms with E-state index in [1.165, 1.54) is 0 Å². The molecule has 0 aliphatic carbocycles. The molecule has 22 heavy (non-hydrogen) atoms. The predicted molar refractivity (Wildman–Crippen MR) is 89.4 cm³/mol. The Morgan fingerprint density at radius 3 is 2.68 bits per heavy atom. The van der Waals surface area contributed by atoms with Gasteiger partial charge in [-0.15, -0.1) is 0 Å². The van der Waals surface area contributed by atoms with Gasteiger partial charge in [0.1, 0.15) is 5.75 Å². The summed E-state index contributed by atoms with van der Waals surface area (Å²) in [7, 11) is 4.01. The Kier molecular flexibility index (Phi) is 5.81. The lowest BCUT2D eigenvalue weighted by molar-refractivity contribution is -0.118. The van der Waals surface area contributed by atoms with Crippen molar-refractivity contribution in [1.29, 1.82) is 0 Å². The molecule has 0 radical (unpaired) electrons. The smallest absolute Gasteiger partial charge is 0.262 e. The first-order chi connectivity index (χ1) is 10.5.